The molecule has 0 aromatic heterocycles. The standard InChI is InChI=1S/C42H48BN/c1-27(2)37-25-39-33(31-17-11-9-12-18-31)21-15-23-35(39)41(37)43(44(29(5)6)30(7)8)42-36-24-16-22-34(32-19-13-10-14-20-32)40(36)26-38(42)28(3)4/h9-14,17-30H,15-16H2,1-8H3. The van der Waals surface area contributed by atoms with E-state index in [-0.39, 0.29) is 6.85 Å². The summed E-state index contributed by atoms with van der Waals surface area (Å²) in [5, 5.41) is 0. The van der Waals surface area contributed by atoms with Gasteiger partial charge in [0.2, 0.25) is 0 Å². The number of benzene rings is 2. The average Bonchev–Trinajstić information content (AvgIpc) is 3.60. The Morgan fingerprint density at radius 3 is 1.18 bits per heavy atom. The topological polar surface area (TPSA) is 3.24 Å². The summed E-state index contributed by atoms with van der Waals surface area (Å²) in [7, 11) is 0. The molecule has 4 aliphatic rings. The van der Waals surface area contributed by atoms with Crippen LogP contribution in [0.25, 0.3) is 11.1 Å². The van der Waals surface area contributed by atoms with Crippen molar-refractivity contribution < 1.29 is 0 Å². The molecule has 2 aromatic carbocycles. The maximum absolute atomic E-state index is 2.80. The molecule has 0 spiro atoms. The summed E-state index contributed by atoms with van der Waals surface area (Å²) in [5.74, 6) is 0.837. The molecule has 0 heterocycles. The Kier molecular flexibility index (Phi) is 8.58. The van der Waals surface area contributed by atoms with Crippen LogP contribution in [0.5, 0.6) is 0 Å². The molecule has 0 radical (unpaired) electrons. The molecule has 224 valence electrons. The van der Waals surface area contributed by atoms with E-state index >= 15 is 0 Å². The Balaban J connectivity index is 1.54. The highest BCUT2D eigenvalue weighted by Gasteiger charge is 2.45. The lowest BCUT2D eigenvalue weighted by molar-refractivity contribution is 0.307. The van der Waals surface area contributed by atoms with Gasteiger partial charge in [-0.2, -0.15) is 0 Å². The molecule has 2 aromatic rings. The van der Waals surface area contributed by atoms with Crippen LogP contribution in [0, 0.1) is 11.8 Å². The number of hydrogen-bond acceptors (Lipinski definition) is 1. The van der Waals surface area contributed by atoms with Gasteiger partial charge in [-0.1, -0.05) is 153 Å². The van der Waals surface area contributed by atoms with Crippen molar-refractivity contribution >= 4 is 18.0 Å². The zero-order chi connectivity index (χ0) is 31.1. The monoisotopic (exact) mass is 577 g/mol. The molecule has 0 saturated heterocycles. The molecule has 44 heavy (non-hydrogen) atoms. The van der Waals surface area contributed by atoms with Gasteiger partial charge in [0.05, 0.1) is 0 Å². The van der Waals surface area contributed by atoms with Crippen molar-refractivity contribution in [2.75, 3.05) is 0 Å². The SMILES string of the molecule is CC(C)C1=C(B(C2=C(C(C)C)C=C3C2=CCC=C3c2ccccc2)N(C(C)C)C(C)C)C2=CCC=C(c3ccccc3)C2=C1. The molecule has 0 saturated carbocycles. The van der Waals surface area contributed by atoms with E-state index in [9.17, 15) is 0 Å². The van der Waals surface area contributed by atoms with Crippen LogP contribution in [0.2, 0.25) is 0 Å². The number of allylic oxidation sites excluding steroid dienone is 16. The minimum absolute atomic E-state index is 0.162. The second kappa shape index (κ2) is 12.4. The van der Waals surface area contributed by atoms with Crippen molar-refractivity contribution in [3.05, 3.63) is 153 Å². The molecular weight excluding hydrogens is 529 g/mol. The summed E-state index contributed by atoms with van der Waals surface area (Å²) >= 11 is 0. The minimum Gasteiger partial charge on any atom is -0.330 e. The fourth-order valence-corrected chi connectivity index (χ4v) is 7.90. The third-order valence-electron chi connectivity index (χ3n) is 9.70. The Morgan fingerprint density at radius 1 is 0.477 bits per heavy atom. The molecule has 0 N–H and O–H groups in total. The van der Waals surface area contributed by atoms with Gasteiger partial charge in [0.1, 0.15) is 0 Å². The average molecular weight is 578 g/mol. The molecule has 6 rings (SSSR count). The number of fused-ring (bicyclic) bond motifs is 2. The fourth-order valence-electron chi connectivity index (χ4n) is 7.90. The maximum Gasteiger partial charge on any atom is 0.294 e. The lowest BCUT2D eigenvalue weighted by atomic mass is 9.42. The maximum atomic E-state index is 2.80. The highest BCUT2D eigenvalue weighted by atomic mass is 15.1. The number of nitrogens with zero attached hydrogens (tertiary/aromatic N) is 1. The van der Waals surface area contributed by atoms with Crippen LogP contribution < -0.4 is 0 Å². The molecule has 1 nitrogen and oxygen atoms in total. The zero-order valence-corrected chi connectivity index (χ0v) is 28.0. The van der Waals surface area contributed by atoms with Crippen molar-refractivity contribution in [3.63, 3.8) is 0 Å². The van der Waals surface area contributed by atoms with Crippen molar-refractivity contribution in [1.29, 1.82) is 0 Å². The van der Waals surface area contributed by atoms with Crippen LogP contribution in [0.4, 0.5) is 0 Å². The predicted molar refractivity (Wildman–Crippen MR) is 192 cm³/mol. The first kappa shape index (κ1) is 30.4. The molecule has 0 atom stereocenters. The van der Waals surface area contributed by atoms with Gasteiger partial charge in [-0.25, -0.2) is 0 Å². The van der Waals surface area contributed by atoms with Crippen LogP contribution in [0.15, 0.2) is 142 Å². The first-order valence-corrected chi connectivity index (χ1v) is 16.8. The molecule has 0 unspecified atom stereocenters. The second-order valence-corrected chi connectivity index (χ2v) is 13.9. The van der Waals surface area contributed by atoms with Crippen molar-refractivity contribution in [1.82, 2.24) is 4.81 Å². The first-order chi connectivity index (χ1) is 21.2. The summed E-state index contributed by atoms with van der Waals surface area (Å²) in [4.78, 5) is 2.80. The van der Waals surface area contributed by atoms with Gasteiger partial charge in [-0.15, -0.1) is 0 Å². The van der Waals surface area contributed by atoms with Gasteiger partial charge in [0.25, 0.3) is 6.85 Å². The third kappa shape index (κ3) is 5.32. The molecule has 4 aliphatic carbocycles. The minimum atomic E-state index is 0.162. The van der Waals surface area contributed by atoms with Crippen molar-refractivity contribution in [3.8, 4) is 0 Å². The molecule has 0 aliphatic heterocycles. The lowest BCUT2D eigenvalue weighted by Crippen LogP contribution is -2.52. The predicted octanol–water partition coefficient (Wildman–Crippen LogP) is 10.8. The van der Waals surface area contributed by atoms with Crippen molar-refractivity contribution in [2.45, 2.75) is 80.3 Å². The van der Waals surface area contributed by atoms with Crippen molar-refractivity contribution in [2.24, 2.45) is 11.8 Å². The van der Waals surface area contributed by atoms with Crippen LogP contribution in [0.3, 0.4) is 0 Å². The summed E-state index contributed by atoms with van der Waals surface area (Å²) in [6.45, 7) is 19.3. The van der Waals surface area contributed by atoms with Gasteiger partial charge in [0, 0.05) is 0 Å². The number of hydrogen-bond donors (Lipinski definition) is 0. The van der Waals surface area contributed by atoms with Crippen LogP contribution in [-0.4, -0.2) is 23.7 Å². The quantitative estimate of drug-likeness (QED) is 0.268. The summed E-state index contributed by atoms with van der Waals surface area (Å²) in [5.41, 5.74) is 17.1. The Bertz CT molecular complexity index is 1550. The number of rotatable bonds is 9. The fraction of sp³-hybridized carbons (Fsp3) is 0.333. The second-order valence-electron chi connectivity index (χ2n) is 13.9. The lowest BCUT2D eigenvalue weighted by Gasteiger charge is -2.41. The third-order valence-corrected chi connectivity index (χ3v) is 9.70. The van der Waals surface area contributed by atoms with Crippen LogP contribution >= 0.6 is 0 Å². The van der Waals surface area contributed by atoms with Gasteiger partial charge >= 0.3 is 0 Å². The van der Waals surface area contributed by atoms with Gasteiger partial charge in [-0.05, 0) is 103 Å². The highest BCUT2D eigenvalue weighted by molar-refractivity contribution is 6.75. The van der Waals surface area contributed by atoms with Gasteiger partial charge in [-0.3, -0.25) is 0 Å². The van der Waals surface area contributed by atoms with Crippen LogP contribution in [0.1, 0.15) is 79.4 Å². The molecular formula is C42H48BN. The summed E-state index contributed by atoms with van der Waals surface area (Å²) in [6, 6.07) is 22.8. The Morgan fingerprint density at radius 2 is 0.841 bits per heavy atom. The molecule has 0 amide bonds. The first-order valence-electron chi connectivity index (χ1n) is 16.8. The van der Waals surface area contributed by atoms with E-state index in [0.717, 1.165) is 12.8 Å². The van der Waals surface area contributed by atoms with E-state index in [0.29, 0.717) is 23.9 Å². The van der Waals surface area contributed by atoms with Gasteiger partial charge < -0.3 is 4.81 Å². The van der Waals surface area contributed by atoms with E-state index in [1.165, 1.54) is 66.7 Å². The van der Waals surface area contributed by atoms with E-state index < -0.39 is 0 Å². The Labute approximate surface area is 267 Å². The normalized spacial score (nSPS) is 18.1. The highest BCUT2D eigenvalue weighted by Crippen LogP contribution is 2.51. The molecule has 0 bridgehead atoms. The van der Waals surface area contributed by atoms with E-state index in [4.69, 9.17) is 0 Å². The van der Waals surface area contributed by atoms with Gasteiger partial charge in [0.15, 0.2) is 0 Å². The zero-order valence-electron chi connectivity index (χ0n) is 28.0. The Hall–Kier alpha value is -3.62. The smallest absolute Gasteiger partial charge is 0.294 e. The summed E-state index contributed by atoms with van der Waals surface area (Å²) in [6.07, 6.45) is 16.9. The van der Waals surface area contributed by atoms with E-state index in [1.807, 2.05) is 0 Å². The molecule has 0 fully saturated rings. The summed E-state index contributed by atoms with van der Waals surface area (Å²) < 4.78 is 0. The molecule has 2 heteroatoms. The van der Waals surface area contributed by atoms with Crippen LogP contribution in [-0.2, 0) is 0 Å². The van der Waals surface area contributed by atoms with E-state index in [2.05, 4.69) is 157 Å². The van der Waals surface area contributed by atoms with E-state index in [1.54, 1.807) is 0 Å². The largest absolute Gasteiger partial charge is 0.330 e.